The van der Waals surface area contributed by atoms with Crippen molar-refractivity contribution in [3.63, 3.8) is 0 Å². The lowest BCUT2D eigenvalue weighted by molar-refractivity contribution is -0.123. The molecule has 0 atom stereocenters. The second kappa shape index (κ2) is 9.72. The molecule has 0 spiro atoms. The van der Waals surface area contributed by atoms with Crippen LogP contribution < -0.4 is 0 Å². The van der Waals surface area contributed by atoms with Crippen molar-refractivity contribution in [2.45, 2.75) is 26.4 Å². The Kier molecular flexibility index (Phi) is 6.50. The summed E-state index contributed by atoms with van der Waals surface area (Å²) in [6.07, 6.45) is 4.63. The number of nitrogens with zero attached hydrogens (tertiary/aromatic N) is 2. The number of fused-ring (bicyclic) bond motifs is 1. The van der Waals surface area contributed by atoms with Crippen LogP contribution in [0.15, 0.2) is 77.8 Å². The van der Waals surface area contributed by atoms with E-state index in [0.717, 1.165) is 45.8 Å². The van der Waals surface area contributed by atoms with Crippen LogP contribution in [0.25, 0.3) is 17.0 Å². The number of imide groups is 1. The summed E-state index contributed by atoms with van der Waals surface area (Å²) in [5.74, 6) is -0.598. The van der Waals surface area contributed by atoms with E-state index in [1.807, 2.05) is 36.5 Å². The molecule has 0 bridgehead atoms. The fourth-order valence-corrected chi connectivity index (χ4v) is 5.38. The summed E-state index contributed by atoms with van der Waals surface area (Å²) in [6.45, 7) is 2.80. The number of para-hydroxylation sites is 1. The first-order chi connectivity index (χ1) is 16.9. The molecule has 2 amide bonds. The number of amides is 2. The number of carbonyl (C=O) groups excluding carboxylic acids is 2. The Morgan fingerprint density at radius 3 is 2.43 bits per heavy atom. The molecule has 35 heavy (non-hydrogen) atoms. The van der Waals surface area contributed by atoms with Crippen molar-refractivity contribution in [2.75, 3.05) is 0 Å². The van der Waals surface area contributed by atoms with Gasteiger partial charge in [-0.3, -0.25) is 14.5 Å². The van der Waals surface area contributed by atoms with Gasteiger partial charge in [-0.05, 0) is 59.1 Å². The van der Waals surface area contributed by atoms with Gasteiger partial charge in [-0.1, -0.05) is 67.1 Å². The van der Waals surface area contributed by atoms with E-state index in [-0.39, 0.29) is 23.5 Å². The minimum absolute atomic E-state index is 0.133. The molecule has 2 heterocycles. The number of carbonyl (C=O) groups is 2. The first kappa shape index (κ1) is 23.4. The Morgan fingerprint density at radius 1 is 0.943 bits per heavy atom. The number of rotatable bonds is 6. The third-order valence-corrected chi connectivity index (χ3v) is 7.38. The van der Waals surface area contributed by atoms with E-state index in [1.54, 1.807) is 24.3 Å². The highest BCUT2D eigenvalue weighted by atomic mass is 35.5. The lowest BCUT2D eigenvalue weighted by Gasteiger charge is -2.13. The van der Waals surface area contributed by atoms with Gasteiger partial charge in [0.2, 0.25) is 0 Å². The van der Waals surface area contributed by atoms with Crippen molar-refractivity contribution in [3.8, 4) is 0 Å². The Bertz CT molecular complexity index is 1480. The lowest BCUT2D eigenvalue weighted by Crippen LogP contribution is -2.27. The quantitative estimate of drug-likeness (QED) is 0.259. The summed E-state index contributed by atoms with van der Waals surface area (Å²) in [7, 11) is 0. The molecule has 176 valence electrons. The molecule has 1 fully saturated rings. The van der Waals surface area contributed by atoms with Crippen LogP contribution in [0.1, 0.15) is 29.2 Å². The maximum absolute atomic E-state index is 13.4. The molecule has 0 saturated carbocycles. The summed E-state index contributed by atoms with van der Waals surface area (Å²) in [5, 5.41) is 1.21. The van der Waals surface area contributed by atoms with Gasteiger partial charge >= 0.3 is 0 Å². The van der Waals surface area contributed by atoms with E-state index in [4.69, 9.17) is 11.6 Å². The topological polar surface area (TPSA) is 42.3 Å². The average Bonchev–Trinajstić information content (AvgIpc) is 3.33. The lowest BCUT2D eigenvalue weighted by atomic mass is 10.1. The summed E-state index contributed by atoms with van der Waals surface area (Å²) >= 11 is 7.18. The molecule has 4 aromatic rings. The normalized spacial score (nSPS) is 15.1. The SMILES string of the molecule is CCc1cccc2c(/C=C3\SC(=O)N(Cc4ccccc4Cl)C3=O)cn(Cc3ccc(F)cc3)c12. The third kappa shape index (κ3) is 4.64. The van der Waals surface area contributed by atoms with Crippen molar-refractivity contribution >= 4 is 51.5 Å². The average molecular weight is 505 g/mol. The number of halogens is 2. The van der Waals surface area contributed by atoms with E-state index in [0.29, 0.717) is 16.5 Å². The Hall–Kier alpha value is -3.35. The van der Waals surface area contributed by atoms with Crippen LogP contribution in [0.4, 0.5) is 9.18 Å². The minimum atomic E-state index is -0.328. The molecule has 1 aromatic heterocycles. The molecule has 1 saturated heterocycles. The van der Waals surface area contributed by atoms with Gasteiger partial charge in [-0.25, -0.2) is 4.39 Å². The Morgan fingerprint density at radius 2 is 1.69 bits per heavy atom. The molecule has 0 N–H and O–H groups in total. The number of hydrogen-bond donors (Lipinski definition) is 0. The molecule has 0 unspecified atom stereocenters. The van der Waals surface area contributed by atoms with Crippen molar-refractivity contribution < 1.29 is 14.0 Å². The second-order valence-electron chi connectivity index (χ2n) is 8.36. The van der Waals surface area contributed by atoms with Crippen LogP contribution in [0.5, 0.6) is 0 Å². The van der Waals surface area contributed by atoms with E-state index >= 15 is 0 Å². The van der Waals surface area contributed by atoms with E-state index < -0.39 is 0 Å². The van der Waals surface area contributed by atoms with E-state index in [2.05, 4.69) is 17.6 Å². The molecule has 7 heteroatoms. The predicted octanol–water partition coefficient (Wildman–Crippen LogP) is 7.28. The highest BCUT2D eigenvalue weighted by molar-refractivity contribution is 8.18. The number of thioether (sulfide) groups is 1. The van der Waals surface area contributed by atoms with Gasteiger partial charge in [-0.2, -0.15) is 0 Å². The zero-order valence-corrected chi connectivity index (χ0v) is 20.6. The van der Waals surface area contributed by atoms with Crippen LogP contribution in [-0.2, 0) is 24.3 Å². The molecule has 1 aliphatic heterocycles. The number of aryl methyl sites for hydroxylation is 1. The van der Waals surface area contributed by atoms with Gasteiger partial charge in [0.25, 0.3) is 11.1 Å². The maximum atomic E-state index is 13.4. The summed E-state index contributed by atoms with van der Waals surface area (Å²) in [6, 6.07) is 19.8. The number of aromatic nitrogens is 1. The molecular formula is C28H22ClFN2O2S. The highest BCUT2D eigenvalue weighted by Crippen LogP contribution is 2.36. The molecule has 3 aromatic carbocycles. The standard InChI is InChI=1S/C28H22ClFN2O2S/c1-2-19-7-5-8-23-21(16-31(26(19)23)15-18-10-12-22(30)13-11-18)14-25-27(33)32(28(34)35-25)17-20-6-3-4-9-24(20)29/h3-14,16H,2,15,17H2,1H3/b25-14-. The Balaban J connectivity index is 1.51. The van der Waals surface area contributed by atoms with Gasteiger partial charge < -0.3 is 4.57 Å². The van der Waals surface area contributed by atoms with Crippen molar-refractivity contribution in [1.29, 1.82) is 0 Å². The van der Waals surface area contributed by atoms with E-state index in [1.165, 1.54) is 22.6 Å². The number of benzene rings is 3. The molecule has 0 aliphatic carbocycles. The second-order valence-corrected chi connectivity index (χ2v) is 9.77. The first-order valence-electron chi connectivity index (χ1n) is 11.3. The van der Waals surface area contributed by atoms with Crippen molar-refractivity contribution in [3.05, 3.63) is 111 Å². The maximum Gasteiger partial charge on any atom is 0.293 e. The van der Waals surface area contributed by atoms with Gasteiger partial charge in [0.05, 0.1) is 17.0 Å². The summed E-state index contributed by atoms with van der Waals surface area (Å²) < 4.78 is 15.5. The number of hydrogen-bond acceptors (Lipinski definition) is 3. The summed E-state index contributed by atoms with van der Waals surface area (Å²) in [4.78, 5) is 27.5. The summed E-state index contributed by atoms with van der Waals surface area (Å²) in [5.41, 5.74) is 4.81. The van der Waals surface area contributed by atoms with Gasteiger partial charge in [0, 0.05) is 28.7 Å². The van der Waals surface area contributed by atoms with Gasteiger partial charge in [0.1, 0.15) is 5.82 Å². The van der Waals surface area contributed by atoms with Gasteiger partial charge in [-0.15, -0.1) is 0 Å². The molecule has 4 nitrogen and oxygen atoms in total. The fraction of sp³-hybridized carbons (Fsp3) is 0.143. The van der Waals surface area contributed by atoms with Crippen molar-refractivity contribution in [2.24, 2.45) is 0 Å². The van der Waals surface area contributed by atoms with Crippen LogP contribution in [-0.4, -0.2) is 20.6 Å². The molecular weight excluding hydrogens is 483 g/mol. The predicted molar refractivity (Wildman–Crippen MR) is 140 cm³/mol. The zero-order chi connectivity index (χ0) is 24.5. The minimum Gasteiger partial charge on any atom is -0.342 e. The molecule has 0 radical (unpaired) electrons. The zero-order valence-electron chi connectivity index (χ0n) is 19.0. The third-order valence-electron chi connectivity index (χ3n) is 6.11. The molecule has 1 aliphatic rings. The van der Waals surface area contributed by atoms with Crippen LogP contribution in [0, 0.1) is 5.82 Å². The first-order valence-corrected chi connectivity index (χ1v) is 12.5. The highest BCUT2D eigenvalue weighted by Gasteiger charge is 2.35. The van der Waals surface area contributed by atoms with E-state index in [9.17, 15) is 14.0 Å². The van der Waals surface area contributed by atoms with Crippen LogP contribution >= 0.6 is 23.4 Å². The fourth-order valence-electron chi connectivity index (χ4n) is 4.35. The Labute approximate surface area is 212 Å². The van der Waals surface area contributed by atoms with Crippen molar-refractivity contribution in [1.82, 2.24) is 9.47 Å². The molecule has 5 rings (SSSR count). The van der Waals surface area contributed by atoms with Crippen LogP contribution in [0.2, 0.25) is 5.02 Å². The largest absolute Gasteiger partial charge is 0.342 e. The monoisotopic (exact) mass is 504 g/mol. The van der Waals surface area contributed by atoms with Gasteiger partial charge in [0.15, 0.2) is 0 Å². The van der Waals surface area contributed by atoms with Crippen LogP contribution in [0.3, 0.4) is 0 Å². The smallest absolute Gasteiger partial charge is 0.293 e.